The van der Waals surface area contributed by atoms with Gasteiger partial charge in [0.25, 0.3) is 0 Å². The SMILES string of the molecule is O=C(Nc1cccc(Cl)c1)[C@H]1CCN(c2ccc(F)cc2)C1=O. The maximum absolute atomic E-state index is 13.0. The summed E-state index contributed by atoms with van der Waals surface area (Å²) in [6, 6.07) is 12.4. The van der Waals surface area contributed by atoms with Crippen LogP contribution in [-0.4, -0.2) is 18.4 Å². The molecule has 1 aliphatic rings. The standard InChI is InChI=1S/C17H14ClFN2O2/c18-11-2-1-3-13(10-11)20-16(22)15-8-9-21(17(15)23)14-6-4-12(19)5-7-14/h1-7,10,15H,8-9H2,(H,20,22)/t15-/m1/s1. The van der Waals surface area contributed by atoms with Crippen LogP contribution in [-0.2, 0) is 9.59 Å². The largest absolute Gasteiger partial charge is 0.325 e. The molecule has 0 unspecified atom stereocenters. The lowest BCUT2D eigenvalue weighted by molar-refractivity contribution is -0.129. The van der Waals surface area contributed by atoms with Crippen LogP contribution in [0.1, 0.15) is 6.42 Å². The number of halogens is 2. The molecule has 0 radical (unpaired) electrons. The number of carbonyl (C=O) groups excluding carboxylic acids is 2. The molecule has 2 aromatic rings. The van der Waals surface area contributed by atoms with Gasteiger partial charge in [-0.15, -0.1) is 0 Å². The van der Waals surface area contributed by atoms with Gasteiger partial charge in [0, 0.05) is 22.9 Å². The lowest BCUT2D eigenvalue weighted by Crippen LogP contribution is -2.33. The molecule has 1 heterocycles. The Labute approximate surface area is 137 Å². The van der Waals surface area contributed by atoms with Gasteiger partial charge in [-0.2, -0.15) is 0 Å². The molecule has 1 aliphatic heterocycles. The van der Waals surface area contributed by atoms with Crippen LogP contribution in [0.15, 0.2) is 48.5 Å². The van der Waals surface area contributed by atoms with Gasteiger partial charge in [-0.1, -0.05) is 17.7 Å². The second-order valence-corrected chi connectivity index (χ2v) is 5.74. The highest BCUT2D eigenvalue weighted by atomic mass is 35.5. The quantitative estimate of drug-likeness (QED) is 0.875. The first-order chi connectivity index (χ1) is 11.0. The molecule has 2 amide bonds. The summed E-state index contributed by atoms with van der Waals surface area (Å²) in [5.74, 6) is -1.76. The Kier molecular flexibility index (Phi) is 4.30. The maximum Gasteiger partial charge on any atom is 0.239 e. The van der Waals surface area contributed by atoms with E-state index in [1.165, 1.54) is 29.2 Å². The Balaban J connectivity index is 1.71. The Morgan fingerprint density at radius 3 is 2.65 bits per heavy atom. The molecule has 3 rings (SSSR count). The van der Waals surface area contributed by atoms with Crippen molar-refractivity contribution in [2.75, 3.05) is 16.8 Å². The van der Waals surface area contributed by atoms with Gasteiger partial charge in [-0.05, 0) is 48.9 Å². The summed E-state index contributed by atoms with van der Waals surface area (Å²) >= 11 is 5.88. The number of anilines is 2. The minimum absolute atomic E-state index is 0.281. The number of carbonyl (C=O) groups is 2. The maximum atomic E-state index is 13.0. The van der Waals surface area contributed by atoms with Gasteiger partial charge < -0.3 is 10.2 Å². The van der Waals surface area contributed by atoms with E-state index in [-0.39, 0.29) is 17.6 Å². The van der Waals surface area contributed by atoms with Gasteiger partial charge in [-0.3, -0.25) is 9.59 Å². The zero-order valence-corrected chi connectivity index (χ0v) is 12.9. The number of amides is 2. The van der Waals surface area contributed by atoms with E-state index < -0.39 is 5.92 Å². The van der Waals surface area contributed by atoms with Gasteiger partial charge in [-0.25, -0.2) is 4.39 Å². The lowest BCUT2D eigenvalue weighted by atomic mass is 10.1. The van der Waals surface area contributed by atoms with E-state index in [0.29, 0.717) is 29.4 Å². The van der Waals surface area contributed by atoms with E-state index in [0.717, 1.165) is 0 Å². The first kappa shape index (κ1) is 15.5. The van der Waals surface area contributed by atoms with Gasteiger partial charge in [0.15, 0.2) is 0 Å². The zero-order valence-electron chi connectivity index (χ0n) is 12.1. The Morgan fingerprint density at radius 2 is 1.96 bits per heavy atom. The summed E-state index contributed by atoms with van der Waals surface area (Å²) in [5.41, 5.74) is 1.14. The van der Waals surface area contributed by atoms with E-state index in [1.54, 1.807) is 24.3 Å². The average molecular weight is 333 g/mol. The molecular formula is C17H14ClFN2O2. The minimum atomic E-state index is -0.751. The van der Waals surface area contributed by atoms with Crippen molar-refractivity contribution in [3.8, 4) is 0 Å². The summed E-state index contributed by atoms with van der Waals surface area (Å²) < 4.78 is 13.0. The molecular weight excluding hydrogens is 319 g/mol. The van der Waals surface area contributed by atoms with Crippen molar-refractivity contribution in [3.05, 3.63) is 59.4 Å². The monoisotopic (exact) mass is 332 g/mol. The van der Waals surface area contributed by atoms with Crippen molar-refractivity contribution in [2.24, 2.45) is 5.92 Å². The van der Waals surface area contributed by atoms with E-state index in [4.69, 9.17) is 11.6 Å². The highest BCUT2D eigenvalue weighted by Gasteiger charge is 2.37. The summed E-state index contributed by atoms with van der Waals surface area (Å²) in [5, 5.41) is 3.21. The predicted molar refractivity (Wildman–Crippen MR) is 86.9 cm³/mol. The van der Waals surface area contributed by atoms with Crippen LogP contribution in [0.3, 0.4) is 0 Å². The number of hydrogen-bond acceptors (Lipinski definition) is 2. The van der Waals surface area contributed by atoms with Crippen LogP contribution in [0, 0.1) is 11.7 Å². The molecule has 0 saturated carbocycles. The second kappa shape index (κ2) is 6.38. The molecule has 0 aliphatic carbocycles. The Bertz CT molecular complexity index is 749. The van der Waals surface area contributed by atoms with Crippen molar-refractivity contribution in [1.82, 2.24) is 0 Å². The fraction of sp³-hybridized carbons (Fsp3) is 0.176. The summed E-state index contributed by atoms with van der Waals surface area (Å²) in [6.07, 6.45) is 0.419. The molecule has 0 aromatic heterocycles. The third kappa shape index (κ3) is 3.35. The predicted octanol–water partition coefficient (Wildman–Crippen LogP) is 3.47. The highest BCUT2D eigenvalue weighted by molar-refractivity contribution is 6.31. The number of benzene rings is 2. The van der Waals surface area contributed by atoms with E-state index >= 15 is 0 Å². The van der Waals surface area contributed by atoms with Crippen molar-refractivity contribution in [1.29, 1.82) is 0 Å². The third-order valence-electron chi connectivity index (χ3n) is 3.75. The summed E-state index contributed by atoms with van der Waals surface area (Å²) in [7, 11) is 0. The van der Waals surface area contributed by atoms with Crippen LogP contribution >= 0.6 is 11.6 Å². The topological polar surface area (TPSA) is 49.4 Å². The van der Waals surface area contributed by atoms with Crippen molar-refractivity contribution >= 4 is 34.8 Å². The lowest BCUT2D eigenvalue weighted by Gasteiger charge is -2.16. The van der Waals surface area contributed by atoms with Crippen LogP contribution in [0.4, 0.5) is 15.8 Å². The average Bonchev–Trinajstić information content (AvgIpc) is 2.90. The molecule has 23 heavy (non-hydrogen) atoms. The van der Waals surface area contributed by atoms with Crippen molar-refractivity contribution < 1.29 is 14.0 Å². The third-order valence-corrected chi connectivity index (χ3v) is 3.99. The molecule has 1 fully saturated rings. The summed E-state index contributed by atoms with van der Waals surface area (Å²) in [6.45, 7) is 0.429. The van der Waals surface area contributed by atoms with Crippen molar-refractivity contribution in [2.45, 2.75) is 6.42 Å². The van der Waals surface area contributed by atoms with Crippen LogP contribution < -0.4 is 10.2 Å². The number of hydrogen-bond donors (Lipinski definition) is 1. The number of rotatable bonds is 3. The number of nitrogens with one attached hydrogen (secondary N) is 1. The fourth-order valence-electron chi connectivity index (χ4n) is 2.60. The molecule has 0 spiro atoms. The molecule has 1 atom stereocenters. The van der Waals surface area contributed by atoms with Gasteiger partial charge in [0.05, 0.1) is 0 Å². The Hall–Kier alpha value is -2.40. The van der Waals surface area contributed by atoms with Crippen molar-refractivity contribution in [3.63, 3.8) is 0 Å². The molecule has 1 saturated heterocycles. The molecule has 4 nitrogen and oxygen atoms in total. The molecule has 1 N–H and O–H groups in total. The molecule has 118 valence electrons. The summed E-state index contributed by atoms with van der Waals surface area (Å²) in [4.78, 5) is 26.2. The highest BCUT2D eigenvalue weighted by Crippen LogP contribution is 2.26. The smallest absolute Gasteiger partial charge is 0.239 e. The minimum Gasteiger partial charge on any atom is -0.325 e. The second-order valence-electron chi connectivity index (χ2n) is 5.31. The Morgan fingerprint density at radius 1 is 1.22 bits per heavy atom. The van der Waals surface area contributed by atoms with Gasteiger partial charge >= 0.3 is 0 Å². The van der Waals surface area contributed by atoms with Gasteiger partial charge in [0.2, 0.25) is 11.8 Å². The zero-order chi connectivity index (χ0) is 16.4. The van der Waals surface area contributed by atoms with Gasteiger partial charge in [0.1, 0.15) is 11.7 Å². The van der Waals surface area contributed by atoms with E-state index in [9.17, 15) is 14.0 Å². The first-order valence-corrected chi connectivity index (χ1v) is 7.56. The van der Waals surface area contributed by atoms with Crippen LogP contribution in [0.2, 0.25) is 5.02 Å². The molecule has 2 aromatic carbocycles. The molecule has 6 heteroatoms. The molecule has 0 bridgehead atoms. The van der Waals surface area contributed by atoms with E-state index in [1.807, 2.05) is 0 Å². The van der Waals surface area contributed by atoms with E-state index in [2.05, 4.69) is 5.32 Å². The number of nitrogens with zero attached hydrogens (tertiary/aromatic N) is 1. The van der Waals surface area contributed by atoms with Crippen LogP contribution in [0.25, 0.3) is 0 Å². The first-order valence-electron chi connectivity index (χ1n) is 7.18. The normalized spacial score (nSPS) is 17.4. The fourth-order valence-corrected chi connectivity index (χ4v) is 2.79. The van der Waals surface area contributed by atoms with Crippen LogP contribution in [0.5, 0.6) is 0 Å².